The molecule has 0 radical (unpaired) electrons. The number of carboxylic acid groups (broad SMARTS) is 1. The third kappa shape index (κ3) is 5.20. The molecular formula is C18H24F3N3O4. The monoisotopic (exact) mass is 403 g/mol. The van der Waals surface area contributed by atoms with E-state index in [0.717, 1.165) is 0 Å². The minimum absolute atomic E-state index is 0.218. The molecule has 0 aliphatic carbocycles. The number of rotatable bonds is 4. The van der Waals surface area contributed by atoms with Crippen molar-refractivity contribution in [3.63, 3.8) is 0 Å². The summed E-state index contributed by atoms with van der Waals surface area (Å²) in [7, 11) is 0. The fourth-order valence-electron chi connectivity index (χ4n) is 3.61. The molecule has 7 nitrogen and oxygen atoms in total. The molecule has 156 valence electrons. The molecule has 3 rings (SSSR count). The van der Waals surface area contributed by atoms with Crippen LogP contribution >= 0.6 is 0 Å². The Morgan fingerprint density at radius 1 is 1.25 bits per heavy atom. The first-order valence-electron chi connectivity index (χ1n) is 9.16. The van der Waals surface area contributed by atoms with Crippen LogP contribution in [0.2, 0.25) is 0 Å². The molecule has 10 heteroatoms. The third-order valence-electron chi connectivity index (χ3n) is 5.00. The molecule has 1 amide bonds. The Labute approximate surface area is 161 Å². The van der Waals surface area contributed by atoms with Crippen molar-refractivity contribution in [2.45, 2.75) is 25.9 Å². The van der Waals surface area contributed by atoms with E-state index in [-0.39, 0.29) is 18.3 Å². The average Bonchev–Trinajstić information content (AvgIpc) is 2.62. The average molecular weight is 403 g/mol. The summed E-state index contributed by atoms with van der Waals surface area (Å²) in [5.41, 5.74) is 1.08. The predicted molar refractivity (Wildman–Crippen MR) is 95.6 cm³/mol. The Morgan fingerprint density at radius 2 is 1.96 bits per heavy atom. The van der Waals surface area contributed by atoms with Crippen molar-refractivity contribution in [3.8, 4) is 5.75 Å². The van der Waals surface area contributed by atoms with Crippen molar-refractivity contribution in [3.05, 3.63) is 23.8 Å². The molecule has 2 aliphatic rings. The summed E-state index contributed by atoms with van der Waals surface area (Å²) in [6.07, 6.45) is -5.77. The van der Waals surface area contributed by atoms with Crippen LogP contribution < -0.4 is 9.64 Å². The third-order valence-corrected chi connectivity index (χ3v) is 5.00. The van der Waals surface area contributed by atoms with Crippen LogP contribution in [-0.2, 0) is 11.3 Å². The van der Waals surface area contributed by atoms with Crippen molar-refractivity contribution >= 4 is 11.8 Å². The van der Waals surface area contributed by atoms with Gasteiger partial charge in [-0.15, -0.1) is 13.2 Å². The predicted octanol–water partition coefficient (Wildman–Crippen LogP) is 2.61. The van der Waals surface area contributed by atoms with Crippen LogP contribution in [0.15, 0.2) is 18.2 Å². The van der Waals surface area contributed by atoms with E-state index < -0.39 is 12.5 Å². The molecule has 0 aromatic heterocycles. The number of alkyl halides is 3. The smallest absolute Gasteiger partial charge is 0.465 e. The van der Waals surface area contributed by atoms with E-state index in [0.29, 0.717) is 57.2 Å². The second-order valence-corrected chi connectivity index (χ2v) is 7.00. The second-order valence-electron chi connectivity index (χ2n) is 7.00. The van der Waals surface area contributed by atoms with Crippen LogP contribution in [0.1, 0.15) is 12.5 Å². The van der Waals surface area contributed by atoms with Gasteiger partial charge in [0.05, 0.1) is 13.2 Å². The number of amides is 1. The molecule has 1 aromatic rings. The summed E-state index contributed by atoms with van der Waals surface area (Å²) in [6, 6.07) is 4.64. The molecule has 0 spiro atoms. The summed E-state index contributed by atoms with van der Waals surface area (Å²) in [4.78, 5) is 16.4. The van der Waals surface area contributed by atoms with Crippen molar-refractivity contribution in [1.82, 2.24) is 9.80 Å². The fraction of sp³-hybridized carbons (Fsp3) is 0.611. The van der Waals surface area contributed by atoms with E-state index in [2.05, 4.69) is 4.74 Å². The number of benzene rings is 1. The molecule has 1 atom stereocenters. The molecule has 2 heterocycles. The Bertz CT molecular complexity index is 695. The second kappa shape index (κ2) is 8.44. The highest BCUT2D eigenvalue weighted by molar-refractivity contribution is 5.65. The van der Waals surface area contributed by atoms with E-state index in [4.69, 9.17) is 9.84 Å². The standard InChI is InChI=1S/C18H24F3N3O4/c1-13-11-22(4-5-24(13)17(25)26)12-14-2-3-15(23-6-8-27-9-7-23)10-16(14)28-18(19,20)21/h2-3,10,13H,4-9,11-12H2,1H3,(H,25,26). The zero-order chi connectivity index (χ0) is 20.3. The minimum Gasteiger partial charge on any atom is -0.465 e. The van der Waals surface area contributed by atoms with E-state index in [1.165, 1.54) is 11.0 Å². The highest BCUT2D eigenvalue weighted by atomic mass is 19.4. The van der Waals surface area contributed by atoms with Gasteiger partial charge in [0.25, 0.3) is 0 Å². The largest absolute Gasteiger partial charge is 0.573 e. The summed E-state index contributed by atoms with van der Waals surface area (Å²) in [6.45, 7) is 5.54. The van der Waals surface area contributed by atoms with E-state index >= 15 is 0 Å². The molecule has 1 N–H and O–H groups in total. The SMILES string of the molecule is CC1CN(Cc2ccc(N3CCOCC3)cc2OC(F)(F)F)CCN1C(=O)O. The fourth-order valence-corrected chi connectivity index (χ4v) is 3.61. The van der Waals surface area contributed by atoms with E-state index in [1.54, 1.807) is 19.1 Å². The van der Waals surface area contributed by atoms with Crippen molar-refractivity contribution in [2.24, 2.45) is 0 Å². The van der Waals surface area contributed by atoms with Gasteiger partial charge < -0.3 is 24.4 Å². The van der Waals surface area contributed by atoms with Crippen LogP contribution in [0.5, 0.6) is 5.75 Å². The lowest BCUT2D eigenvalue weighted by Gasteiger charge is -2.38. The molecule has 2 aliphatic heterocycles. The Kier molecular flexibility index (Phi) is 6.19. The first-order valence-corrected chi connectivity index (χ1v) is 9.16. The maximum Gasteiger partial charge on any atom is 0.573 e. The molecule has 0 bridgehead atoms. The zero-order valence-electron chi connectivity index (χ0n) is 15.6. The van der Waals surface area contributed by atoms with Gasteiger partial charge in [-0.3, -0.25) is 4.90 Å². The maximum absolute atomic E-state index is 12.9. The van der Waals surface area contributed by atoms with Gasteiger partial charge >= 0.3 is 12.5 Å². The van der Waals surface area contributed by atoms with Crippen molar-refractivity contribution < 1.29 is 32.5 Å². The van der Waals surface area contributed by atoms with E-state index in [1.807, 2.05) is 9.80 Å². The first-order chi connectivity index (χ1) is 13.2. The molecule has 0 saturated carbocycles. The number of hydrogen-bond donors (Lipinski definition) is 1. The van der Waals surface area contributed by atoms with Gasteiger partial charge in [-0.25, -0.2) is 4.79 Å². The van der Waals surface area contributed by atoms with Crippen molar-refractivity contribution in [1.29, 1.82) is 0 Å². The number of carbonyl (C=O) groups is 1. The summed E-state index contributed by atoms with van der Waals surface area (Å²) >= 11 is 0. The van der Waals surface area contributed by atoms with Gasteiger partial charge in [-0.2, -0.15) is 0 Å². The molecular weight excluding hydrogens is 379 g/mol. The maximum atomic E-state index is 12.9. The number of ether oxygens (including phenoxy) is 2. The molecule has 2 fully saturated rings. The highest BCUT2D eigenvalue weighted by Gasteiger charge is 2.33. The molecule has 1 unspecified atom stereocenters. The number of hydrogen-bond acceptors (Lipinski definition) is 5. The van der Waals surface area contributed by atoms with E-state index in [9.17, 15) is 18.0 Å². The Hall–Kier alpha value is -2.20. The summed E-state index contributed by atoms with van der Waals surface area (Å²) in [5.74, 6) is -0.218. The van der Waals surface area contributed by atoms with Crippen LogP contribution in [-0.4, -0.2) is 79.3 Å². The van der Waals surface area contributed by atoms with Gasteiger partial charge in [0.2, 0.25) is 0 Å². The van der Waals surface area contributed by atoms with Crippen molar-refractivity contribution in [2.75, 3.05) is 50.8 Å². The number of halogens is 3. The minimum atomic E-state index is -4.78. The number of morpholine rings is 1. The van der Waals surface area contributed by atoms with Gasteiger partial charge in [0.1, 0.15) is 5.75 Å². The Morgan fingerprint density at radius 3 is 2.57 bits per heavy atom. The van der Waals surface area contributed by atoms with Gasteiger partial charge in [-0.1, -0.05) is 6.07 Å². The summed E-state index contributed by atoms with van der Waals surface area (Å²) in [5, 5.41) is 9.16. The van der Waals surface area contributed by atoms with Crippen LogP contribution in [0.4, 0.5) is 23.7 Å². The van der Waals surface area contributed by atoms with Crippen LogP contribution in [0.25, 0.3) is 0 Å². The lowest BCUT2D eigenvalue weighted by molar-refractivity contribution is -0.275. The zero-order valence-corrected chi connectivity index (χ0v) is 15.6. The van der Waals surface area contributed by atoms with Crippen LogP contribution in [0, 0.1) is 0 Å². The highest BCUT2D eigenvalue weighted by Crippen LogP contribution is 2.32. The summed E-state index contributed by atoms with van der Waals surface area (Å²) < 4.78 is 48.4. The molecule has 1 aromatic carbocycles. The lowest BCUT2D eigenvalue weighted by atomic mass is 10.1. The Balaban J connectivity index is 1.76. The normalized spacial score (nSPS) is 21.6. The number of nitrogens with zero attached hydrogens (tertiary/aromatic N) is 3. The molecule has 2 saturated heterocycles. The number of anilines is 1. The number of piperazine rings is 1. The van der Waals surface area contributed by atoms with Gasteiger partial charge in [0, 0.05) is 62.6 Å². The first kappa shape index (κ1) is 20.5. The van der Waals surface area contributed by atoms with Crippen LogP contribution in [0.3, 0.4) is 0 Å². The van der Waals surface area contributed by atoms with Gasteiger partial charge in [0.15, 0.2) is 0 Å². The topological polar surface area (TPSA) is 65.5 Å². The molecule has 28 heavy (non-hydrogen) atoms. The lowest BCUT2D eigenvalue weighted by Crippen LogP contribution is -2.53. The van der Waals surface area contributed by atoms with Gasteiger partial charge in [-0.05, 0) is 13.0 Å². The quantitative estimate of drug-likeness (QED) is 0.834.